The van der Waals surface area contributed by atoms with Crippen LogP contribution in [-0.2, 0) is 0 Å². The second kappa shape index (κ2) is 3.62. The molecule has 2 nitrogen and oxygen atoms in total. The fourth-order valence-electron chi connectivity index (χ4n) is 0.601. The van der Waals surface area contributed by atoms with Crippen LogP contribution in [0, 0.1) is 5.82 Å². The van der Waals surface area contributed by atoms with Crippen LogP contribution in [0.15, 0.2) is 12.4 Å². The maximum absolute atomic E-state index is 12.6. The number of nitrogens with zero attached hydrogens (tertiary/aromatic N) is 1. The summed E-state index contributed by atoms with van der Waals surface area (Å²) in [7, 11) is 0. The minimum Gasteiger partial charge on any atom is -0.430 e. The summed E-state index contributed by atoms with van der Waals surface area (Å²) in [4.78, 5) is 3.32. The van der Waals surface area contributed by atoms with E-state index >= 15 is 0 Å². The van der Waals surface area contributed by atoms with E-state index in [1.165, 1.54) is 0 Å². The van der Waals surface area contributed by atoms with Crippen molar-refractivity contribution in [3.05, 3.63) is 23.2 Å². The van der Waals surface area contributed by atoms with E-state index in [0.29, 0.717) is 0 Å². The summed E-state index contributed by atoms with van der Waals surface area (Å²) in [6.07, 6.45) is 1.76. The molecule has 0 amide bonds. The van der Waals surface area contributed by atoms with Gasteiger partial charge >= 0.3 is 6.61 Å². The SMILES string of the molecule is Fc1cncc(Cl)c1OC(F)F. The molecule has 0 radical (unpaired) electrons. The number of ether oxygens (including phenoxy) is 1. The Kier molecular flexibility index (Phi) is 2.75. The zero-order valence-electron chi connectivity index (χ0n) is 5.60. The highest BCUT2D eigenvalue weighted by molar-refractivity contribution is 6.31. The third-order valence-corrected chi connectivity index (χ3v) is 1.29. The lowest BCUT2D eigenvalue weighted by Gasteiger charge is -2.05. The smallest absolute Gasteiger partial charge is 0.387 e. The summed E-state index contributed by atoms with van der Waals surface area (Å²) in [5, 5.41) is -0.282. The average Bonchev–Trinajstić information content (AvgIpc) is 1.97. The molecule has 66 valence electrons. The summed E-state index contributed by atoms with van der Waals surface area (Å²) in [5.41, 5.74) is 0. The predicted molar refractivity (Wildman–Crippen MR) is 35.8 cm³/mol. The topological polar surface area (TPSA) is 22.1 Å². The van der Waals surface area contributed by atoms with Crippen LogP contribution in [0.2, 0.25) is 5.02 Å². The van der Waals surface area contributed by atoms with E-state index in [2.05, 4.69) is 9.72 Å². The minimum absolute atomic E-state index is 0.282. The lowest BCUT2D eigenvalue weighted by atomic mass is 10.4. The van der Waals surface area contributed by atoms with Crippen LogP contribution in [0.25, 0.3) is 0 Å². The Balaban J connectivity index is 2.96. The molecule has 1 aromatic heterocycles. The van der Waals surface area contributed by atoms with Gasteiger partial charge in [-0.05, 0) is 0 Å². The summed E-state index contributed by atoms with van der Waals surface area (Å²) >= 11 is 5.31. The van der Waals surface area contributed by atoms with Crippen molar-refractivity contribution in [2.45, 2.75) is 6.61 Å². The van der Waals surface area contributed by atoms with E-state index in [9.17, 15) is 13.2 Å². The molecule has 0 aromatic carbocycles. The van der Waals surface area contributed by atoms with Crippen molar-refractivity contribution in [2.75, 3.05) is 0 Å². The van der Waals surface area contributed by atoms with Crippen LogP contribution in [0.1, 0.15) is 0 Å². The number of alkyl halides is 2. The van der Waals surface area contributed by atoms with E-state index in [1.54, 1.807) is 0 Å². The van der Waals surface area contributed by atoms with Gasteiger partial charge in [0.15, 0.2) is 11.6 Å². The molecule has 1 aromatic rings. The Morgan fingerprint density at radius 1 is 1.42 bits per heavy atom. The Morgan fingerprint density at radius 3 is 2.58 bits per heavy atom. The highest BCUT2D eigenvalue weighted by atomic mass is 35.5. The normalized spacial score (nSPS) is 10.4. The van der Waals surface area contributed by atoms with E-state index in [0.717, 1.165) is 12.4 Å². The molecule has 6 heteroatoms. The van der Waals surface area contributed by atoms with E-state index in [4.69, 9.17) is 11.6 Å². The molecule has 0 N–H and O–H groups in total. The Labute approximate surface area is 70.9 Å². The van der Waals surface area contributed by atoms with Crippen LogP contribution < -0.4 is 4.74 Å². The van der Waals surface area contributed by atoms with Crippen molar-refractivity contribution in [1.29, 1.82) is 0 Å². The van der Waals surface area contributed by atoms with Crippen molar-refractivity contribution in [1.82, 2.24) is 4.98 Å². The van der Waals surface area contributed by atoms with Gasteiger partial charge in [0.1, 0.15) is 5.02 Å². The highest BCUT2D eigenvalue weighted by Gasteiger charge is 2.13. The Bertz CT molecular complexity index is 261. The molecule has 0 bridgehead atoms. The maximum atomic E-state index is 12.6. The van der Waals surface area contributed by atoms with Crippen LogP contribution in [0.4, 0.5) is 13.2 Å². The standard InChI is InChI=1S/C6H3ClF3NO/c7-3-1-11-2-4(8)5(3)12-6(9)10/h1-2,6H. The van der Waals surface area contributed by atoms with E-state index < -0.39 is 18.2 Å². The molecule has 1 rings (SSSR count). The molecule has 0 saturated heterocycles. The summed E-state index contributed by atoms with van der Waals surface area (Å²) in [6, 6.07) is 0. The largest absolute Gasteiger partial charge is 0.430 e. The second-order valence-electron chi connectivity index (χ2n) is 1.81. The van der Waals surface area contributed by atoms with Crippen LogP contribution in [0.5, 0.6) is 5.75 Å². The first-order chi connectivity index (χ1) is 5.61. The van der Waals surface area contributed by atoms with Crippen molar-refractivity contribution in [3.63, 3.8) is 0 Å². The highest BCUT2D eigenvalue weighted by Crippen LogP contribution is 2.27. The van der Waals surface area contributed by atoms with Gasteiger partial charge in [0.2, 0.25) is 0 Å². The maximum Gasteiger partial charge on any atom is 0.387 e. The first kappa shape index (κ1) is 9.12. The second-order valence-corrected chi connectivity index (χ2v) is 2.22. The van der Waals surface area contributed by atoms with Gasteiger partial charge in [-0.15, -0.1) is 0 Å². The molecule has 12 heavy (non-hydrogen) atoms. The molecule has 0 aliphatic heterocycles. The van der Waals surface area contributed by atoms with Gasteiger partial charge in [-0.3, -0.25) is 4.98 Å². The molecule has 0 aliphatic rings. The number of pyridine rings is 1. The van der Waals surface area contributed by atoms with Crippen molar-refractivity contribution < 1.29 is 17.9 Å². The Morgan fingerprint density at radius 2 is 2.08 bits per heavy atom. The predicted octanol–water partition coefficient (Wildman–Crippen LogP) is 2.48. The molecule has 0 saturated carbocycles. The number of aromatic nitrogens is 1. The van der Waals surface area contributed by atoms with Gasteiger partial charge in [0.25, 0.3) is 0 Å². The summed E-state index contributed by atoms with van der Waals surface area (Å²) < 4.78 is 39.6. The first-order valence-corrected chi connectivity index (χ1v) is 3.23. The van der Waals surface area contributed by atoms with Crippen molar-refractivity contribution in [3.8, 4) is 5.75 Å². The quantitative estimate of drug-likeness (QED) is 0.727. The average molecular weight is 198 g/mol. The fraction of sp³-hybridized carbons (Fsp3) is 0.167. The number of hydrogen-bond acceptors (Lipinski definition) is 2. The zero-order chi connectivity index (χ0) is 9.14. The molecular formula is C6H3ClF3NO. The summed E-state index contributed by atoms with van der Waals surface area (Å²) in [5.74, 6) is -1.69. The molecule has 1 heterocycles. The van der Waals surface area contributed by atoms with Crippen LogP contribution >= 0.6 is 11.6 Å². The van der Waals surface area contributed by atoms with E-state index in [-0.39, 0.29) is 5.02 Å². The van der Waals surface area contributed by atoms with Gasteiger partial charge in [0, 0.05) is 6.20 Å². The number of hydrogen-bond donors (Lipinski definition) is 0. The molecule has 0 aliphatic carbocycles. The third-order valence-electron chi connectivity index (χ3n) is 1.02. The van der Waals surface area contributed by atoms with Crippen LogP contribution in [0.3, 0.4) is 0 Å². The molecule has 0 spiro atoms. The van der Waals surface area contributed by atoms with Gasteiger partial charge in [-0.25, -0.2) is 4.39 Å². The summed E-state index contributed by atoms with van der Waals surface area (Å²) in [6.45, 7) is -3.10. The molecule has 0 unspecified atom stereocenters. The van der Waals surface area contributed by atoms with Crippen molar-refractivity contribution >= 4 is 11.6 Å². The van der Waals surface area contributed by atoms with Gasteiger partial charge < -0.3 is 4.74 Å². The fourth-order valence-corrected chi connectivity index (χ4v) is 0.792. The minimum atomic E-state index is -3.10. The lowest BCUT2D eigenvalue weighted by molar-refractivity contribution is -0.0521. The monoisotopic (exact) mass is 197 g/mol. The van der Waals surface area contributed by atoms with Gasteiger partial charge in [-0.1, -0.05) is 11.6 Å². The van der Waals surface area contributed by atoms with Crippen molar-refractivity contribution in [2.24, 2.45) is 0 Å². The zero-order valence-corrected chi connectivity index (χ0v) is 6.36. The third kappa shape index (κ3) is 2.01. The molecule has 0 atom stereocenters. The number of rotatable bonds is 2. The van der Waals surface area contributed by atoms with Gasteiger partial charge in [0.05, 0.1) is 6.20 Å². The Hall–Kier alpha value is -0.970. The molecular weight excluding hydrogens is 195 g/mol. The number of halogens is 4. The molecule has 0 fully saturated rings. The van der Waals surface area contributed by atoms with Gasteiger partial charge in [-0.2, -0.15) is 8.78 Å². The van der Waals surface area contributed by atoms with E-state index in [1.807, 2.05) is 0 Å². The lowest BCUT2D eigenvalue weighted by Crippen LogP contribution is -2.04. The first-order valence-electron chi connectivity index (χ1n) is 2.85. The van der Waals surface area contributed by atoms with Crippen LogP contribution in [-0.4, -0.2) is 11.6 Å².